The summed E-state index contributed by atoms with van der Waals surface area (Å²) < 4.78 is 0. The second-order valence-corrected chi connectivity index (χ2v) is 4.40. The molecular weight excluding hydrogens is 236 g/mol. The van der Waals surface area contributed by atoms with E-state index >= 15 is 0 Å². The fourth-order valence-electron chi connectivity index (χ4n) is 1.95. The standard InChI is InChI=1S/C15H14N4/c1-11-6-2-3-7-12(11)10-16-19-15-17-13-8-4-5-9-14(13)18-15/h2-9H,10H2,1H3,(H,17,18). The van der Waals surface area contributed by atoms with Gasteiger partial charge in [0, 0.05) is 0 Å². The van der Waals surface area contributed by atoms with Crippen LogP contribution in [0.1, 0.15) is 11.1 Å². The molecule has 1 N–H and O–H groups in total. The van der Waals surface area contributed by atoms with Crippen LogP contribution in [0.2, 0.25) is 0 Å². The molecule has 94 valence electrons. The molecule has 0 amide bonds. The van der Waals surface area contributed by atoms with Crippen LogP contribution < -0.4 is 0 Å². The lowest BCUT2D eigenvalue weighted by atomic mass is 10.1. The highest BCUT2D eigenvalue weighted by Gasteiger charge is 2.00. The lowest BCUT2D eigenvalue weighted by molar-refractivity contribution is 0.931. The van der Waals surface area contributed by atoms with E-state index in [2.05, 4.69) is 39.3 Å². The quantitative estimate of drug-likeness (QED) is 0.697. The minimum absolute atomic E-state index is 0.551. The first-order valence-corrected chi connectivity index (χ1v) is 6.20. The van der Waals surface area contributed by atoms with E-state index in [0.717, 1.165) is 11.0 Å². The van der Waals surface area contributed by atoms with E-state index in [0.29, 0.717) is 12.5 Å². The summed E-state index contributed by atoms with van der Waals surface area (Å²) in [5.41, 5.74) is 4.30. The molecule has 0 saturated carbocycles. The number of aromatic amines is 1. The van der Waals surface area contributed by atoms with Crippen molar-refractivity contribution in [3.8, 4) is 0 Å². The average Bonchev–Trinajstić information content (AvgIpc) is 2.83. The van der Waals surface area contributed by atoms with Gasteiger partial charge < -0.3 is 4.98 Å². The molecule has 0 atom stereocenters. The second-order valence-electron chi connectivity index (χ2n) is 4.40. The summed E-state index contributed by atoms with van der Waals surface area (Å²) in [6.07, 6.45) is 0. The lowest BCUT2D eigenvalue weighted by Gasteiger charge is -1.99. The van der Waals surface area contributed by atoms with Crippen LogP contribution in [0, 0.1) is 6.92 Å². The zero-order valence-corrected chi connectivity index (χ0v) is 10.7. The van der Waals surface area contributed by atoms with Crippen LogP contribution in [0.5, 0.6) is 0 Å². The van der Waals surface area contributed by atoms with Gasteiger partial charge in [0.15, 0.2) is 0 Å². The van der Waals surface area contributed by atoms with Gasteiger partial charge in [-0.25, -0.2) is 4.98 Å². The molecule has 0 aliphatic rings. The van der Waals surface area contributed by atoms with Crippen molar-refractivity contribution < 1.29 is 0 Å². The van der Waals surface area contributed by atoms with Crippen LogP contribution >= 0.6 is 0 Å². The van der Waals surface area contributed by atoms with Gasteiger partial charge in [-0.15, -0.1) is 5.11 Å². The summed E-state index contributed by atoms with van der Waals surface area (Å²) in [6.45, 7) is 2.65. The van der Waals surface area contributed by atoms with Gasteiger partial charge in [0.1, 0.15) is 0 Å². The third-order valence-electron chi connectivity index (χ3n) is 3.04. The molecule has 0 saturated heterocycles. The van der Waals surface area contributed by atoms with E-state index in [1.807, 2.05) is 36.4 Å². The Morgan fingerprint density at radius 1 is 1.05 bits per heavy atom. The Balaban J connectivity index is 1.78. The van der Waals surface area contributed by atoms with E-state index in [4.69, 9.17) is 0 Å². The second kappa shape index (κ2) is 5.02. The topological polar surface area (TPSA) is 53.4 Å². The third-order valence-corrected chi connectivity index (χ3v) is 3.04. The summed E-state index contributed by atoms with van der Waals surface area (Å²) in [5.74, 6) is 0.551. The van der Waals surface area contributed by atoms with Crippen molar-refractivity contribution in [3.05, 3.63) is 59.7 Å². The molecule has 0 radical (unpaired) electrons. The Hall–Kier alpha value is -2.49. The van der Waals surface area contributed by atoms with Gasteiger partial charge in [-0.2, -0.15) is 5.11 Å². The van der Waals surface area contributed by atoms with Crippen LogP contribution in [0.3, 0.4) is 0 Å². The Morgan fingerprint density at radius 3 is 2.68 bits per heavy atom. The molecule has 0 unspecified atom stereocenters. The zero-order valence-electron chi connectivity index (χ0n) is 10.7. The number of benzene rings is 2. The van der Waals surface area contributed by atoms with Crippen molar-refractivity contribution in [2.45, 2.75) is 13.5 Å². The third kappa shape index (κ3) is 2.52. The molecule has 0 fully saturated rings. The highest BCUT2D eigenvalue weighted by Crippen LogP contribution is 2.16. The van der Waals surface area contributed by atoms with Crippen LogP contribution in [0.4, 0.5) is 5.95 Å². The van der Waals surface area contributed by atoms with Crippen molar-refractivity contribution >= 4 is 17.0 Å². The Labute approximate surface area is 111 Å². The first kappa shape index (κ1) is 11.6. The van der Waals surface area contributed by atoms with Crippen molar-refractivity contribution in [1.29, 1.82) is 0 Å². The smallest absolute Gasteiger partial charge is 0.247 e. The van der Waals surface area contributed by atoms with Crippen molar-refractivity contribution in [2.24, 2.45) is 10.2 Å². The normalized spacial score (nSPS) is 11.4. The predicted octanol–water partition coefficient (Wildman–Crippen LogP) is 4.16. The molecule has 4 nitrogen and oxygen atoms in total. The van der Waals surface area contributed by atoms with Crippen molar-refractivity contribution in [3.63, 3.8) is 0 Å². The fourth-order valence-corrected chi connectivity index (χ4v) is 1.95. The van der Waals surface area contributed by atoms with Crippen LogP contribution in [-0.2, 0) is 6.54 Å². The molecule has 0 aliphatic heterocycles. The summed E-state index contributed by atoms with van der Waals surface area (Å²) >= 11 is 0. The van der Waals surface area contributed by atoms with Gasteiger partial charge in [0.2, 0.25) is 5.95 Å². The van der Waals surface area contributed by atoms with E-state index in [1.165, 1.54) is 11.1 Å². The molecule has 2 aromatic carbocycles. The molecule has 0 bridgehead atoms. The number of nitrogens with zero attached hydrogens (tertiary/aromatic N) is 3. The predicted molar refractivity (Wildman–Crippen MR) is 75.5 cm³/mol. The minimum atomic E-state index is 0.551. The summed E-state index contributed by atoms with van der Waals surface area (Å²) in [4.78, 5) is 7.48. The molecule has 3 rings (SSSR count). The maximum Gasteiger partial charge on any atom is 0.247 e. The van der Waals surface area contributed by atoms with Crippen LogP contribution in [0.15, 0.2) is 58.8 Å². The number of rotatable bonds is 3. The first-order chi connectivity index (χ1) is 9.33. The molecule has 1 aromatic heterocycles. The number of aryl methyl sites for hydroxylation is 1. The van der Waals surface area contributed by atoms with Gasteiger partial charge in [-0.05, 0) is 30.2 Å². The zero-order chi connectivity index (χ0) is 13.1. The molecule has 0 spiro atoms. The SMILES string of the molecule is Cc1ccccc1CN=Nc1nc2ccccc2[nH]1. The number of hydrogen-bond acceptors (Lipinski definition) is 3. The molecule has 3 aromatic rings. The average molecular weight is 250 g/mol. The fraction of sp³-hybridized carbons (Fsp3) is 0.133. The van der Waals surface area contributed by atoms with E-state index in [-0.39, 0.29) is 0 Å². The highest BCUT2D eigenvalue weighted by molar-refractivity contribution is 5.76. The van der Waals surface area contributed by atoms with E-state index in [9.17, 15) is 0 Å². The monoisotopic (exact) mass is 250 g/mol. The Bertz CT molecular complexity index is 695. The van der Waals surface area contributed by atoms with Gasteiger partial charge in [-0.3, -0.25) is 0 Å². The van der Waals surface area contributed by atoms with Crippen molar-refractivity contribution in [2.75, 3.05) is 0 Å². The van der Waals surface area contributed by atoms with E-state index < -0.39 is 0 Å². The number of azo groups is 1. The maximum atomic E-state index is 4.35. The van der Waals surface area contributed by atoms with Gasteiger partial charge in [-0.1, -0.05) is 36.4 Å². The largest absolute Gasteiger partial charge is 0.321 e. The number of fused-ring (bicyclic) bond motifs is 1. The maximum absolute atomic E-state index is 4.35. The number of nitrogens with one attached hydrogen (secondary N) is 1. The summed E-state index contributed by atoms with van der Waals surface area (Å²) in [5, 5.41) is 8.34. The van der Waals surface area contributed by atoms with Crippen LogP contribution in [-0.4, -0.2) is 9.97 Å². The van der Waals surface area contributed by atoms with Gasteiger partial charge in [0.25, 0.3) is 0 Å². The minimum Gasteiger partial charge on any atom is -0.321 e. The van der Waals surface area contributed by atoms with E-state index in [1.54, 1.807) is 0 Å². The lowest BCUT2D eigenvalue weighted by Crippen LogP contribution is -1.84. The molecular formula is C15H14N4. The van der Waals surface area contributed by atoms with Gasteiger partial charge >= 0.3 is 0 Å². The summed E-state index contributed by atoms with van der Waals surface area (Å²) in [7, 11) is 0. The summed E-state index contributed by atoms with van der Waals surface area (Å²) in [6, 6.07) is 16.0. The molecule has 0 aliphatic carbocycles. The highest BCUT2D eigenvalue weighted by atomic mass is 15.2. The number of hydrogen-bond donors (Lipinski definition) is 1. The number of H-pyrrole nitrogens is 1. The first-order valence-electron chi connectivity index (χ1n) is 6.20. The molecule has 4 heteroatoms. The molecule has 1 heterocycles. The number of imidazole rings is 1. The number of para-hydroxylation sites is 2. The number of aromatic nitrogens is 2. The molecule has 19 heavy (non-hydrogen) atoms. The Morgan fingerprint density at radius 2 is 1.84 bits per heavy atom. The Kier molecular flexibility index (Phi) is 3.06. The van der Waals surface area contributed by atoms with Crippen molar-refractivity contribution in [1.82, 2.24) is 9.97 Å². The van der Waals surface area contributed by atoms with Gasteiger partial charge in [0.05, 0.1) is 17.6 Å². The van der Waals surface area contributed by atoms with Crippen LogP contribution in [0.25, 0.3) is 11.0 Å².